The van der Waals surface area contributed by atoms with Gasteiger partial charge in [0.15, 0.2) is 0 Å². The number of benzene rings is 1. The molecule has 0 aliphatic heterocycles. The lowest BCUT2D eigenvalue weighted by Gasteiger charge is -2.11. The minimum Gasteiger partial charge on any atom is -0.396 e. The first-order valence-corrected chi connectivity index (χ1v) is 6.06. The average molecular weight is 259 g/mol. The summed E-state index contributed by atoms with van der Waals surface area (Å²) in [4.78, 5) is 15.1. The smallest absolute Gasteiger partial charge is 0.250 e. The first-order chi connectivity index (χ1) is 9.18. The number of aryl methyl sites for hydroxylation is 1. The maximum absolute atomic E-state index is 11.2. The summed E-state index contributed by atoms with van der Waals surface area (Å²) in [6.07, 6.45) is 6.38. The average Bonchev–Trinajstić information content (AvgIpc) is 2.89. The van der Waals surface area contributed by atoms with Crippen LogP contribution in [0.4, 0.5) is 11.4 Å². The number of hydrogen-bond donors (Lipinski definition) is 3. The summed E-state index contributed by atoms with van der Waals surface area (Å²) in [5.74, 6) is -0.514. The van der Waals surface area contributed by atoms with Crippen molar-refractivity contribution in [1.82, 2.24) is 9.55 Å². The van der Waals surface area contributed by atoms with Crippen LogP contribution in [-0.2, 0) is 6.54 Å². The van der Waals surface area contributed by atoms with Crippen LogP contribution in [0.25, 0.3) is 0 Å². The Hall–Kier alpha value is -2.50. The van der Waals surface area contributed by atoms with Crippen LogP contribution in [0.1, 0.15) is 16.8 Å². The standard InChI is InChI=1S/C13H17N5O/c14-12-10(13(15)19)3-1-4-11(12)17-5-2-7-18-8-6-16-9-18/h1,3-4,6,8-9,17H,2,5,7,14H2,(H2,15,19). The van der Waals surface area contributed by atoms with Gasteiger partial charge < -0.3 is 21.4 Å². The Morgan fingerprint density at radius 1 is 1.42 bits per heavy atom. The maximum Gasteiger partial charge on any atom is 0.250 e. The Morgan fingerprint density at radius 2 is 2.26 bits per heavy atom. The molecule has 2 rings (SSSR count). The van der Waals surface area contributed by atoms with Gasteiger partial charge in [-0.3, -0.25) is 4.79 Å². The third kappa shape index (κ3) is 3.25. The first kappa shape index (κ1) is 12.9. The quantitative estimate of drug-likeness (QED) is 0.533. The van der Waals surface area contributed by atoms with Gasteiger partial charge in [0, 0.05) is 25.5 Å². The summed E-state index contributed by atoms with van der Waals surface area (Å²) in [5.41, 5.74) is 12.6. The number of carbonyl (C=O) groups is 1. The van der Waals surface area contributed by atoms with E-state index >= 15 is 0 Å². The number of nitrogen functional groups attached to an aromatic ring is 1. The number of nitrogens with two attached hydrogens (primary N) is 2. The van der Waals surface area contributed by atoms with E-state index in [0.29, 0.717) is 11.3 Å². The maximum atomic E-state index is 11.2. The van der Waals surface area contributed by atoms with Crippen molar-refractivity contribution in [1.29, 1.82) is 0 Å². The molecule has 19 heavy (non-hydrogen) atoms. The number of carbonyl (C=O) groups excluding carboxylic acids is 1. The topological polar surface area (TPSA) is 99.0 Å². The second-order valence-corrected chi connectivity index (χ2v) is 4.21. The molecular weight excluding hydrogens is 242 g/mol. The van der Waals surface area contributed by atoms with E-state index in [1.807, 2.05) is 16.8 Å². The van der Waals surface area contributed by atoms with E-state index in [-0.39, 0.29) is 0 Å². The number of anilines is 2. The number of amides is 1. The van der Waals surface area contributed by atoms with Gasteiger partial charge in [-0.1, -0.05) is 6.07 Å². The fraction of sp³-hybridized carbons (Fsp3) is 0.231. The van der Waals surface area contributed by atoms with Crippen LogP contribution < -0.4 is 16.8 Å². The van der Waals surface area contributed by atoms with Gasteiger partial charge in [-0.05, 0) is 18.6 Å². The zero-order valence-electron chi connectivity index (χ0n) is 10.5. The lowest BCUT2D eigenvalue weighted by atomic mass is 10.1. The highest BCUT2D eigenvalue weighted by Crippen LogP contribution is 2.22. The van der Waals surface area contributed by atoms with Gasteiger partial charge in [0.05, 0.1) is 23.3 Å². The van der Waals surface area contributed by atoms with E-state index < -0.39 is 5.91 Å². The minimum atomic E-state index is -0.514. The lowest BCUT2D eigenvalue weighted by Crippen LogP contribution is -2.15. The van der Waals surface area contributed by atoms with E-state index in [9.17, 15) is 4.79 Å². The van der Waals surface area contributed by atoms with E-state index in [1.165, 1.54) is 0 Å². The number of primary amides is 1. The normalized spacial score (nSPS) is 10.3. The van der Waals surface area contributed by atoms with Crippen molar-refractivity contribution < 1.29 is 4.79 Å². The Labute approximate surface area is 111 Å². The fourth-order valence-electron chi connectivity index (χ4n) is 1.84. The lowest BCUT2D eigenvalue weighted by molar-refractivity contribution is 0.100. The highest BCUT2D eigenvalue weighted by atomic mass is 16.1. The molecule has 0 unspecified atom stereocenters. The van der Waals surface area contributed by atoms with Gasteiger partial charge in [0.2, 0.25) is 0 Å². The molecule has 0 radical (unpaired) electrons. The molecule has 100 valence electrons. The Morgan fingerprint density at radius 3 is 2.95 bits per heavy atom. The molecule has 1 heterocycles. The van der Waals surface area contributed by atoms with Gasteiger partial charge in [0.1, 0.15) is 0 Å². The van der Waals surface area contributed by atoms with Crippen LogP contribution >= 0.6 is 0 Å². The molecular formula is C13H17N5O. The number of para-hydroxylation sites is 1. The molecule has 6 nitrogen and oxygen atoms in total. The fourth-order valence-corrected chi connectivity index (χ4v) is 1.84. The second-order valence-electron chi connectivity index (χ2n) is 4.21. The summed E-state index contributed by atoms with van der Waals surface area (Å²) in [6, 6.07) is 5.21. The van der Waals surface area contributed by atoms with Crippen LogP contribution in [-0.4, -0.2) is 22.0 Å². The third-order valence-electron chi connectivity index (χ3n) is 2.84. The van der Waals surface area contributed by atoms with Crippen molar-refractivity contribution >= 4 is 17.3 Å². The second kappa shape index (κ2) is 5.90. The Kier molecular flexibility index (Phi) is 4.02. The van der Waals surface area contributed by atoms with E-state index in [2.05, 4.69) is 10.3 Å². The van der Waals surface area contributed by atoms with Crippen molar-refractivity contribution in [3.63, 3.8) is 0 Å². The van der Waals surface area contributed by atoms with Gasteiger partial charge in [0.25, 0.3) is 5.91 Å². The number of nitrogens with zero attached hydrogens (tertiary/aromatic N) is 2. The monoisotopic (exact) mass is 259 g/mol. The van der Waals surface area contributed by atoms with Gasteiger partial charge in [-0.15, -0.1) is 0 Å². The van der Waals surface area contributed by atoms with Crippen molar-refractivity contribution in [3.05, 3.63) is 42.5 Å². The summed E-state index contributed by atoms with van der Waals surface area (Å²) < 4.78 is 2.00. The molecule has 0 spiro atoms. The van der Waals surface area contributed by atoms with Crippen molar-refractivity contribution in [2.75, 3.05) is 17.6 Å². The van der Waals surface area contributed by atoms with Crippen LogP contribution in [0.2, 0.25) is 0 Å². The van der Waals surface area contributed by atoms with Gasteiger partial charge >= 0.3 is 0 Å². The number of aromatic nitrogens is 2. The van der Waals surface area contributed by atoms with E-state index in [0.717, 1.165) is 25.2 Å². The molecule has 5 N–H and O–H groups in total. The van der Waals surface area contributed by atoms with Crippen molar-refractivity contribution in [2.24, 2.45) is 5.73 Å². The van der Waals surface area contributed by atoms with Crippen LogP contribution in [0, 0.1) is 0 Å². The number of imidazole rings is 1. The molecule has 0 bridgehead atoms. The molecule has 2 aromatic rings. The third-order valence-corrected chi connectivity index (χ3v) is 2.84. The molecule has 6 heteroatoms. The van der Waals surface area contributed by atoms with Crippen LogP contribution in [0.15, 0.2) is 36.9 Å². The molecule has 1 amide bonds. The predicted octanol–water partition coefficient (Wildman–Crippen LogP) is 1.07. The number of nitrogens with one attached hydrogen (secondary N) is 1. The minimum absolute atomic E-state index is 0.347. The largest absolute Gasteiger partial charge is 0.396 e. The zero-order chi connectivity index (χ0) is 13.7. The van der Waals surface area contributed by atoms with Gasteiger partial charge in [-0.25, -0.2) is 4.98 Å². The molecule has 1 aromatic heterocycles. The number of rotatable bonds is 6. The van der Waals surface area contributed by atoms with Crippen LogP contribution in [0.5, 0.6) is 0 Å². The zero-order valence-corrected chi connectivity index (χ0v) is 10.5. The summed E-state index contributed by atoms with van der Waals surface area (Å²) in [6.45, 7) is 1.63. The number of hydrogen-bond acceptors (Lipinski definition) is 4. The van der Waals surface area contributed by atoms with Crippen molar-refractivity contribution in [2.45, 2.75) is 13.0 Å². The predicted molar refractivity (Wildman–Crippen MR) is 74.7 cm³/mol. The van der Waals surface area contributed by atoms with Gasteiger partial charge in [-0.2, -0.15) is 0 Å². The van der Waals surface area contributed by atoms with E-state index in [4.69, 9.17) is 11.5 Å². The Bertz CT molecular complexity index is 550. The van der Waals surface area contributed by atoms with Crippen LogP contribution in [0.3, 0.4) is 0 Å². The molecule has 0 aliphatic rings. The molecule has 0 saturated carbocycles. The molecule has 0 saturated heterocycles. The highest BCUT2D eigenvalue weighted by Gasteiger charge is 2.08. The molecule has 1 aromatic carbocycles. The molecule has 0 fully saturated rings. The summed E-state index contributed by atoms with van der Waals surface area (Å²) >= 11 is 0. The van der Waals surface area contributed by atoms with E-state index in [1.54, 1.807) is 24.7 Å². The SMILES string of the molecule is NC(=O)c1cccc(NCCCn2ccnc2)c1N. The summed E-state index contributed by atoms with van der Waals surface area (Å²) in [5, 5.41) is 3.20. The molecule has 0 aliphatic carbocycles. The van der Waals surface area contributed by atoms with Crippen molar-refractivity contribution in [3.8, 4) is 0 Å². The first-order valence-electron chi connectivity index (χ1n) is 6.06. The highest BCUT2D eigenvalue weighted by molar-refractivity contribution is 6.00. The Balaban J connectivity index is 1.89. The molecule has 0 atom stereocenters. The summed E-state index contributed by atoms with van der Waals surface area (Å²) in [7, 11) is 0.